The molecule has 0 fully saturated rings. The van der Waals surface area contributed by atoms with Crippen LogP contribution >= 0.6 is 23.2 Å². The Balaban J connectivity index is 2.28. The molecule has 0 saturated carbocycles. The van der Waals surface area contributed by atoms with Crippen LogP contribution < -0.4 is 5.32 Å². The molecule has 2 aromatic rings. The molecule has 20 heavy (non-hydrogen) atoms. The van der Waals surface area contributed by atoms with Gasteiger partial charge in [0, 0.05) is 11.1 Å². The fraction of sp³-hybridized carbons (Fsp3) is 0.250. The molecule has 106 valence electrons. The van der Waals surface area contributed by atoms with Gasteiger partial charge in [0.05, 0.1) is 5.02 Å². The fourth-order valence-electron chi connectivity index (χ4n) is 2.26. The van der Waals surface area contributed by atoms with Crippen molar-refractivity contribution in [2.75, 3.05) is 7.05 Å². The van der Waals surface area contributed by atoms with Crippen molar-refractivity contribution in [2.45, 2.75) is 19.4 Å². The largest absolute Gasteiger partial charge is 0.313 e. The van der Waals surface area contributed by atoms with Gasteiger partial charge < -0.3 is 5.32 Å². The lowest BCUT2D eigenvalue weighted by Crippen LogP contribution is -2.19. The van der Waals surface area contributed by atoms with E-state index in [9.17, 15) is 4.39 Å². The molecule has 0 amide bonds. The van der Waals surface area contributed by atoms with Crippen LogP contribution in [0.15, 0.2) is 36.4 Å². The van der Waals surface area contributed by atoms with Crippen molar-refractivity contribution in [3.63, 3.8) is 0 Å². The van der Waals surface area contributed by atoms with Crippen LogP contribution in [0.2, 0.25) is 10.0 Å². The minimum atomic E-state index is -0.393. The third-order valence-corrected chi connectivity index (χ3v) is 3.91. The van der Waals surface area contributed by atoms with E-state index in [1.165, 1.54) is 11.6 Å². The van der Waals surface area contributed by atoms with E-state index in [1.54, 1.807) is 12.1 Å². The van der Waals surface area contributed by atoms with E-state index in [4.69, 9.17) is 23.2 Å². The molecule has 0 aliphatic rings. The monoisotopic (exact) mass is 311 g/mol. The van der Waals surface area contributed by atoms with E-state index in [-0.39, 0.29) is 11.1 Å². The lowest BCUT2D eigenvalue weighted by atomic mass is 9.95. The molecule has 0 bridgehead atoms. The topological polar surface area (TPSA) is 12.0 Å². The van der Waals surface area contributed by atoms with E-state index in [2.05, 4.69) is 5.32 Å². The minimum absolute atomic E-state index is 0.107. The first-order valence-corrected chi connectivity index (χ1v) is 7.14. The standard InChI is InChI=1S/C16H16Cl2FN/c1-10-3-5-12(17)9-13(10)16(20-2)8-11-4-6-15(19)14(18)7-11/h3-7,9,16,20H,8H2,1-2H3. The molecule has 2 aromatic carbocycles. The van der Waals surface area contributed by atoms with Gasteiger partial charge in [-0.3, -0.25) is 0 Å². The Labute approximate surface area is 128 Å². The highest BCUT2D eigenvalue weighted by molar-refractivity contribution is 6.31. The van der Waals surface area contributed by atoms with Gasteiger partial charge >= 0.3 is 0 Å². The second-order valence-electron chi connectivity index (χ2n) is 4.79. The molecular weight excluding hydrogens is 296 g/mol. The summed E-state index contributed by atoms with van der Waals surface area (Å²) in [6.45, 7) is 2.05. The van der Waals surface area contributed by atoms with Gasteiger partial charge in [0.15, 0.2) is 0 Å². The van der Waals surface area contributed by atoms with Crippen molar-refractivity contribution in [3.05, 3.63) is 69.0 Å². The average Bonchev–Trinajstić information content (AvgIpc) is 2.43. The van der Waals surface area contributed by atoms with E-state index in [1.807, 2.05) is 32.2 Å². The zero-order valence-corrected chi connectivity index (χ0v) is 12.9. The predicted molar refractivity (Wildman–Crippen MR) is 83.1 cm³/mol. The van der Waals surface area contributed by atoms with Gasteiger partial charge in [0.1, 0.15) is 5.82 Å². The predicted octanol–water partition coefficient (Wildman–Crippen LogP) is 4.94. The maximum absolute atomic E-state index is 13.2. The third kappa shape index (κ3) is 3.51. The van der Waals surface area contributed by atoms with Gasteiger partial charge in [-0.25, -0.2) is 4.39 Å². The van der Waals surface area contributed by atoms with Gasteiger partial charge in [-0.1, -0.05) is 35.3 Å². The number of benzene rings is 2. The number of nitrogens with one attached hydrogen (secondary N) is 1. The van der Waals surface area contributed by atoms with E-state index >= 15 is 0 Å². The molecule has 0 radical (unpaired) electrons. The first-order chi connectivity index (χ1) is 9.51. The van der Waals surface area contributed by atoms with Crippen molar-refractivity contribution in [1.82, 2.24) is 5.32 Å². The molecule has 0 aromatic heterocycles. The normalized spacial score (nSPS) is 12.4. The summed E-state index contributed by atoms with van der Waals surface area (Å²) >= 11 is 11.9. The zero-order valence-electron chi connectivity index (χ0n) is 11.4. The molecule has 0 aliphatic carbocycles. The SMILES string of the molecule is CNC(Cc1ccc(F)c(Cl)c1)c1cc(Cl)ccc1C. The summed E-state index contributed by atoms with van der Waals surface area (Å²) < 4.78 is 13.2. The number of aryl methyl sites for hydroxylation is 1. The third-order valence-electron chi connectivity index (χ3n) is 3.39. The molecule has 0 aliphatic heterocycles. The van der Waals surface area contributed by atoms with E-state index in [0.717, 1.165) is 17.5 Å². The highest BCUT2D eigenvalue weighted by Gasteiger charge is 2.14. The number of hydrogen-bond acceptors (Lipinski definition) is 1. The van der Waals surface area contributed by atoms with Crippen LogP contribution in [-0.4, -0.2) is 7.05 Å². The molecule has 0 heterocycles. The van der Waals surface area contributed by atoms with Crippen LogP contribution in [-0.2, 0) is 6.42 Å². The molecule has 0 spiro atoms. The maximum atomic E-state index is 13.2. The number of hydrogen-bond donors (Lipinski definition) is 1. The van der Waals surface area contributed by atoms with Crippen molar-refractivity contribution >= 4 is 23.2 Å². The van der Waals surface area contributed by atoms with E-state index < -0.39 is 5.82 Å². The van der Waals surface area contributed by atoms with Gasteiger partial charge in [-0.2, -0.15) is 0 Å². The van der Waals surface area contributed by atoms with Crippen LogP contribution in [0, 0.1) is 12.7 Å². The molecule has 4 heteroatoms. The smallest absolute Gasteiger partial charge is 0.141 e. The summed E-state index contributed by atoms with van der Waals surface area (Å²) in [6.07, 6.45) is 0.720. The lowest BCUT2D eigenvalue weighted by molar-refractivity contribution is 0.586. The summed E-state index contributed by atoms with van der Waals surface area (Å²) in [6, 6.07) is 10.8. The summed E-state index contributed by atoms with van der Waals surface area (Å²) in [4.78, 5) is 0. The fourth-order valence-corrected chi connectivity index (χ4v) is 2.64. The average molecular weight is 312 g/mol. The molecule has 1 atom stereocenters. The minimum Gasteiger partial charge on any atom is -0.313 e. The van der Waals surface area contributed by atoms with Crippen LogP contribution in [0.4, 0.5) is 4.39 Å². The lowest BCUT2D eigenvalue weighted by Gasteiger charge is -2.19. The molecule has 1 N–H and O–H groups in total. The molecule has 1 unspecified atom stereocenters. The quantitative estimate of drug-likeness (QED) is 0.843. The summed E-state index contributed by atoms with van der Waals surface area (Å²) in [5.74, 6) is -0.393. The number of rotatable bonds is 4. The second kappa shape index (κ2) is 6.57. The van der Waals surface area contributed by atoms with Gasteiger partial charge in [-0.05, 0) is 61.3 Å². The Bertz CT molecular complexity index is 613. The molecule has 0 saturated heterocycles. The van der Waals surface area contributed by atoms with Crippen LogP contribution in [0.5, 0.6) is 0 Å². The zero-order chi connectivity index (χ0) is 14.7. The Kier molecular flexibility index (Phi) is 5.03. The summed E-state index contributed by atoms with van der Waals surface area (Å²) in [7, 11) is 1.90. The summed E-state index contributed by atoms with van der Waals surface area (Å²) in [5, 5.41) is 4.14. The van der Waals surface area contributed by atoms with Crippen LogP contribution in [0.25, 0.3) is 0 Å². The Hall–Kier alpha value is -1.09. The molecule has 2 rings (SSSR count). The van der Waals surface area contributed by atoms with Crippen LogP contribution in [0.1, 0.15) is 22.7 Å². The number of halogens is 3. The van der Waals surface area contributed by atoms with Crippen molar-refractivity contribution in [2.24, 2.45) is 0 Å². The first-order valence-electron chi connectivity index (χ1n) is 6.38. The molecule has 1 nitrogen and oxygen atoms in total. The Morgan fingerprint density at radius 1 is 1.15 bits per heavy atom. The van der Waals surface area contributed by atoms with Crippen molar-refractivity contribution in [1.29, 1.82) is 0 Å². The Morgan fingerprint density at radius 2 is 1.90 bits per heavy atom. The highest BCUT2D eigenvalue weighted by atomic mass is 35.5. The number of likely N-dealkylation sites (N-methyl/N-ethyl adjacent to an activating group) is 1. The Morgan fingerprint density at radius 3 is 2.55 bits per heavy atom. The maximum Gasteiger partial charge on any atom is 0.141 e. The van der Waals surface area contributed by atoms with Gasteiger partial charge in [0.25, 0.3) is 0 Å². The van der Waals surface area contributed by atoms with E-state index in [0.29, 0.717) is 5.02 Å². The van der Waals surface area contributed by atoms with Gasteiger partial charge in [0.2, 0.25) is 0 Å². The van der Waals surface area contributed by atoms with Crippen LogP contribution in [0.3, 0.4) is 0 Å². The second-order valence-corrected chi connectivity index (χ2v) is 5.64. The highest BCUT2D eigenvalue weighted by Crippen LogP contribution is 2.26. The van der Waals surface area contributed by atoms with Crippen molar-refractivity contribution < 1.29 is 4.39 Å². The summed E-state index contributed by atoms with van der Waals surface area (Å²) in [5.41, 5.74) is 3.29. The first kappa shape index (κ1) is 15.3. The van der Waals surface area contributed by atoms with Crippen molar-refractivity contribution in [3.8, 4) is 0 Å². The van der Waals surface area contributed by atoms with Gasteiger partial charge in [-0.15, -0.1) is 0 Å². The molecular formula is C16H16Cl2FN.